The third kappa shape index (κ3) is 2.18. The second-order valence-electron chi connectivity index (χ2n) is 6.70. The van der Waals surface area contributed by atoms with Gasteiger partial charge in [-0.05, 0) is 36.4 Å². The van der Waals surface area contributed by atoms with E-state index in [9.17, 15) is 0 Å². The first kappa shape index (κ1) is 15.2. The maximum Gasteiger partial charge on any atom is 0.137 e. The van der Waals surface area contributed by atoms with Crippen molar-refractivity contribution in [3.63, 3.8) is 0 Å². The lowest BCUT2D eigenvalue weighted by molar-refractivity contribution is 0.668. The first-order valence-electron chi connectivity index (χ1n) is 9.11. The second-order valence-corrected chi connectivity index (χ2v) is 6.70. The van der Waals surface area contributed by atoms with Gasteiger partial charge in [0, 0.05) is 10.8 Å². The number of hydrogen-bond acceptors (Lipinski definition) is 4. The number of nitrogens with zero attached hydrogens (tertiary/aromatic N) is 2. The van der Waals surface area contributed by atoms with Gasteiger partial charge in [-0.1, -0.05) is 48.5 Å². The van der Waals surface area contributed by atoms with Crippen LogP contribution >= 0.6 is 0 Å². The fraction of sp³-hybridized carbons (Fsp3) is 0. The monoisotopic (exact) mass is 362 g/mol. The Labute approximate surface area is 159 Å². The van der Waals surface area contributed by atoms with Gasteiger partial charge in [-0.15, -0.1) is 10.2 Å². The minimum absolute atomic E-state index is 0.784. The maximum atomic E-state index is 5.94. The molecule has 6 rings (SSSR count). The van der Waals surface area contributed by atoms with Crippen LogP contribution in [-0.4, -0.2) is 0 Å². The average molecular weight is 362 g/mol. The maximum absolute atomic E-state index is 5.94. The molecule has 0 spiro atoms. The first-order valence-corrected chi connectivity index (χ1v) is 9.11. The van der Waals surface area contributed by atoms with Gasteiger partial charge in [-0.2, -0.15) is 0 Å². The van der Waals surface area contributed by atoms with Crippen LogP contribution < -0.4 is 0 Å². The standard InChI is InChI=1S/C24H14N2O2/c1-3-11-19-15(7-1)23-17(9-5-13-21(23)27-19)25-26-18-10-6-14-22-24(18)16-8-2-4-12-20(16)28-22/h1-14H. The Morgan fingerprint density at radius 1 is 0.429 bits per heavy atom. The van der Waals surface area contributed by atoms with Gasteiger partial charge in [0.25, 0.3) is 0 Å². The average Bonchev–Trinajstić information content (AvgIpc) is 3.31. The van der Waals surface area contributed by atoms with E-state index in [1.807, 2.05) is 84.9 Å². The topological polar surface area (TPSA) is 51.0 Å². The molecular formula is C24H14N2O2. The molecule has 0 bridgehead atoms. The van der Waals surface area contributed by atoms with Gasteiger partial charge in [0.2, 0.25) is 0 Å². The Hall–Kier alpha value is -3.92. The number of azo groups is 1. The van der Waals surface area contributed by atoms with Gasteiger partial charge in [0.15, 0.2) is 0 Å². The molecule has 0 fully saturated rings. The fourth-order valence-corrected chi connectivity index (χ4v) is 3.79. The molecule has 0 amide bonds. The zero-order valence-corrected chi connectivity index (χ0v) is 14.8. The molecule has 2 aromatic heterocycles. The van der Waals surface area contributed by atoms with Gasteiger partial charge in [0.1, 0.15) is 22.3 Å². The molecule has 4 nitrogen and oxygen atoms in total. The molecule has 0 radical (unpaired) electrons. The van der Waals surface area contributed by atoms with Crippen molar-refractivity contribution in [2.24, 2.45) is 10.2 Å². The smallest absolute Gasteiger partial charge is 0.137 e. The highest BCUT2D eigenvalue weighted by Crippen LogP contribution is 2.39. The van der Waals surface area contributed by atoms with Gasteiger partial charge < -0.3 is 8.83 Å². The largest absolute Gasteiger partial charge is 0.456 e. The minimum Gasteiger partial charge on any atom is -0.456 e. The molecule has 0 aliphatic carbocycles. The number of hydrogen-bond donors (Lipinski definition) is 0. The van der Waals surface area contributed by atoms with Gasteiger partial charge >= 0.3 is 0 Å². The number of rotatable bonds is 2. The molecule has 2 heterocycles. The highest BCUT2D eigenvalue weighted by Gasteiger charge is 2.12. The van der Waals surface area contributed by atoms with Crippen LogP contribution in [0.5, 0.6) is 0 Å². The first-order chi connectivity index (χ1) is 13.9. The van der Waals surface area contributed by atoms with Crippen molar-refractivity contribution in [2.75, 3.05) is 0 Å². The van der Waals surface area contributed by atoms with Crippen LogP contribution in [0.25, 0.3) is 43.9 Å². The van der Waals surface area contributed by atoms with Crippen LogP contribution in [-0.2, 0) is 0 Å². The molecule has 132 valence electrons. The molecule has 4 heteroatoms. The predicted molar refractivity (Wildman–Crippen MR) is 112 cm³/mol. The summed E-state index contributed by atoms with van der Waals surface area (Å²) >= 11 is 0. The van der Waals surface area contributed by atoms with E-state index in [1.54, 1.807) is 0 Å². The quantitative estimate of drug-likeness (QED) is 0.294. The second kappa shape index (κ2) is 5.79. The molecule has 0 atom stereocenters. The number of para-hydroxylation sites is 2. The highest BCUT2D eigenvalue weighted by molar-refractivity contribution is 6.11. The van der Waals surface area contributed by atoms with E-state index in [4.69, 9.17) is 8.83 Å². The Bertz CT molecular complexity index is 1410. The van der Waals surface area contributed by atoms with Gasteiger partial charge in [0.05, 0.1) is 22.1 Å². The summed E-state index contributed by atoms with van der Waals surface area (Å²) in [5.41, 5.74) is 4.89. The summed E-state index contributed by atoms with van der Waals surface area (Å²) in [5, 5.41) is 13.2. The molecule has 28 heavy (non-hydrogen) atoms. The van der Waals surface area contributed by atoms with Crippen LogP contribution in [0.4, 0.5) is 11.4 Å². The molecule has 0 unspecified atom stereocenters. The molecular weight excluding hydrogens is 348 g/mol. The van der Waals surface area contributed by atoms with E-state index >= 15 is 0 Å². The fourth-order valence-electron chi connectivity index (χ4n) is 3.79. The van der Waals surface area contributed by atoms with Crippen molar-refractivity contribution < 1.29 is 8.83 Å². The van der Waals surface area contributed by atoms with Gasteiger partial charge in [-0.3, -0.25) is 0 Å². The van der Waals surface area contributed by atoms with Crippen LogP contribution in [0, 0.1) is 0 Å². The minimum atomic E-state index is 0.784. The normalized spacial score (nSPS) is 12.1. The predicted octanol–water partition coefficient (Wildman–Crippen LogP) is 7.90. The molecule has 4 aromatic carbocycles. The third-order valence-electron chi connectivity index (χ3n) is 5.03. The zero-order valence-electron chi connectivity index (χ0n) is 14.8. The molecule has 0 saturated heterocycles. The summed E-state index contributed by atoms with van der Waals surface area (Å²) in [6.45, 7) is 0. The van der Waals surface area contributed by atoms with Crippen molar-refractivity contribution in [3.8, 4) is 0 Å². The molecule has 0 N–H and O–H groups in total. The highest BCUT2D eigenvalue weighted by atomic mass is 16.3. The lowest BCUT2D eigenvalue weighted by atomic mass is 10.1. The lowest BCUT2D eigenvalue weighted by Crippen LogP contribution is -1.71. The van der Waals surface area contributed by atoms with Crippen LogP contribution in [0.15, 0.2) is 104 Å². The summed E-state index contributed by atoms with van der Waals surface area (Å²) in [5.74, 6) is 0. The summed E-state index contributed by atoms with van der Waals surface area (Å²) in [4.78, 5) is 0. The van der Waals surface area contributed by atoms with Crippen LogP contribution in [0.2, 0.25) is 0 Å². The number of benzene rings is 4. The third-order valence-corrected chi connectivity index (χ3v) is 5.03. The van der Waals surface area contributed by atoms with E-state index in [0.29, 0.717) is 0 Å². The summed E-state index contributed by atoms with van der Waals surface area (Å²) in [6.07, 6.45) is 0. The lowest BCUT2D eigenvalue weighted by Gasteiger charge is -1.98. The van der Waals surface area contributed by atoms with Gasteiger partial charge in [-0.25, -0.2) is 0 Å². The van der Waals surface area contributed by atoms with Crippen molar-refractivity contribution in [1.82, 2.24) is 0 Å². The Morgan fingerprint density at radius 2 is 0.857 bits per heavy atom. The Kier molecular flexibility index (Phi) is 3.14. The van der Waals surface area contributed by atoms with E-state index < -0.39 is 0 Å². The number of fused-ring (bicyclic) bond motifs is 6. The molecule has 0 saturated carbocycles. The van der Waals surface area contributed by atoms with Crippen LogP contribution in [0.3, 0.4) is 0 Å². The summed E-state index contributed by atoms with van der Waals surface area (Å²) < 4.78 is 11.9. The Morgan fingerprint density at radius 3 is 1.36 bits per heavy atom. The SMILES string of the molecule is c1ccc2c(c1)oc1cccc(N=Nc3cccc4oc5ccccc5c34)c12. The van der Waals surface area contributed by atoms with E-state index in [0.717, 1.165) is 55.3 Å². The number of furan rings is 2. The van der Waals surface area contributed by atoms with Crippen molar-refractivity contribution in [2.45, 2.75) is 0 Å². The van der Waals surface area contributed by atoms with Crippen LogP contribution in [0.1, 0.15) is 0 Å². The molecule has 0 aliphatic rings. The van der Waals surface area contributed by atoms with Crippen molar-refractivity contribution in [1.29, 1.82) is 0 Å². The van der Waals surface area contributed by atoms with Crippen molar-refractivity contribution >= 4 is 55.3 Å². The summed E-state index contributed by atoms with van der Waals surface area (Å²) in [7, 11) is 0. The van der Waals surface area contributed by atoms with E-state index in [-0.39, 0.29) is 0 Å². The molecule has 0 aliphatic heterocycles. The van der Waals surface area contributed by atoms with Crippen molar-refractivity contribution in [3.05, 3.63) is 84.9 Å². The Balaban J connectivity index is 1.57. The molecule has 6 aromatic rings. The summed E-state index contributed by atoms with van der Waals surface area (Å²) in [6, 6.07) is 27.7. The zero-order chi connectivity index (χ0) is 18.5. The van der Waals surface area contributed by atoms with E-state index in [2.05, 4.69) is 10.2 Å². The van der Waals surface area contributed by atoms with E-state index in [1.165, 1.54) is 0 Å².